The summed E-state index contributed by atoms with van der Waals surface area (Å²) in [7, 11) is 0. The molecule has 0 aliphatic carbocycles. The number of aliphatic hydroxyl groups is 1. The van der Waals surface area contributed by atoms with Crippen LogP contribution in [0.3, 0.4) is 0 Å². The maximum absolute atomic E-state index is 9.47. The second-order valence-electron chi connectivity index (χ2n) is 3.02. The van der Waals surface area contributed by atoms with Crippen LogP contribution in [0.15, 0.2) is 18.2 Å². The minimum Gasteiger partial charge on any atom is -0.508 e. The van der Waals surface area contributed by atoms with Crippen LogP contribution in [0, 0.1) is 0 Å². The Labute approximate surface area is 87.9 Å². The Balaban J connectivity index is 2.45. The van der Waals surface area contributed by atoms with Crippen molar-refractivity contribution < 1.29 is 10.2 Å². The zero-order chi connectivity index (χ0) is 10.4. The van der Waals surface area contributed by atoms with Crippen molar-refractivity contribution in [2.24, 2.45) is 0 Å². The topological polar surface area (TPSA) is 66.5 Å². The van der Waals surface area contributed by atoms with E-state index >= 15 is 0 Å². The van der Waals surface area contributed by atoms with E-state index in [2.05, 4.69) is 0 Å². The Morgan fingerprint density at radius 2 is 2.14 bits per heavy atom. The molecule has 3 nitrogen and oxygen atoms in total. The highest BCUT2D eigenvalue weighted by atomic mass is 32.2. The third-order valence-corrected chi connectivity index (χ3v) is 2.90. The van der Waals surface area contributed by atoms with Crippen molar-refractivity contribution in [1.29, 1.82) is 0 Å². The Morgan fingerprint density at radius 1 is 1.36 bits per heavy atom. The van der Waals surface area contributed by atoms with Crippen molar-refractivity contribution in [3.63, 3.8) is 0 Å². The molecule has 0 aliphatic heterocycles. The van der Waals surface area contributed by atoms with E-state index in [0.717, 1.165) is 23.5 Å². The number of aliphatic hydroxyl groups excluding tert-OH is 1. The fourth-order valence-corrected chi connectivity index (χ4v) is 2.00. The summed E-state index contributed by atoms with van der Waals surface area (Å²) in [6.45, 7) is 0.218. The van der Waals surface area contributed by atoms with Crippen LogP contribution < -0.4 is 5.73 Å². The monoisotopic (exact) mass is 213 g/mol. The number of nitrogens with two attached hydrogens (primary N) is 1. The second kappa shape index (κ2) is 5.78. The summed E-state index contributed by atoms with van der Waals surface area (Å²) in [5.41, 5.74) is 7.12. The highest BCUT2D eigenvalue weighted by Gasteiger charge is 2.01. The first kappa shape index (κ1) is 11.2. The molecular formula is C10H15NO2S. The van der Waals surface area contributed by atoms with Crippen molar-refractivity contribution in [3.05, 3.63) is 23.8 Å². The normalized spacial score (nSPS) is 10.4. The quantitative estimate of drug-likeness (QED) is 0.395. The van der Waals surface area contributed by atoms with E-state index in [0.29, 0.717) is 5.69 Å². The summed E-state index contributed by atoms with van der Waals surface area (Å²) in [6.07, 6.45) is 0.785. The minimum atomic E-state index is 0.218. The molecule has 1 aromatic carbocycles. The smallest absolute Gasteiger partial charge is 0.119 e. The number of hydrogen-bond donors (Lipinski definition) is 3. The third kappa shape index (κ3) is 3.47. The van der Waals surface area contributed by atoms with Crippen LogP contribution in [0.25, 0.3) is 0 Å². The highest BCUT2D eigenvalue weighted by molar-refractivity contribution is 7.98. The van der Waals surface area contributed by atoms with Gasteiger partial charge in [-0.05, 0) is 30.4 Å². The summed E-state index contributed by atoms with van der Waals surface area (Å²) in [5.74, 6) is 1.91. The zero-order valence-electron chi connectivity index (χ0n) is 7.94. The van der Waals surface area contributed by atoms with Crippen LogP contribution in [-0.2, 0) is 5.75 Å². The van der Waals surface area contributed by atoms with Gasteiger partial charge < -0.3 is 15.9 Å². The molecule has 0 unspecified atom stereocenters. The number of hydrogen-bond acceptors (Lipinski definition) is 4. The molecule has 0 amide bonds. The standard InChI is InChI=1S/C10H15NO2S/c11-9-2-3-10(13)8(6-9)7-14-5-1-4-12/h2-3,6,12-13H,1,4-5,7,11H2. The molecule has 1 rings (SSSR count). The van der Waals surface area contributed by atoms with Gasteiger partial charge in [0.05, 0.1) is 0 Å². The number of rotatable bonds is 5. The highest BCUT2D eigenvalue weighted by Crippen LogP contribution is 2.24. The van der Waals surface area contributed by atoms with Gasteiger partial charge >= 0.3 is 0 Å². The lowest BCUT2D eigenvalue weighted by Gasteiger charge is -2.04. The van der Waals surface area contributed by atoms with Gasteiger partial charge in [0.2, 0.25) is 0 Å². The molecule has 4 heteroatoms. The van der Waals surface area contributed by atoms with Crippen LogP contribution >= 0.6 is 11.8 Å². The van der Waals surface area contributed by atoms with E-state index in [9.17, 15) is 5.11 Å². The van der Waals surface area contributed by atoms with Crippen molar-refractivity contribution in [1.82, 2.24) is 0 Å². The maximum atomic E-state index is 9.47. The first-order valence-electron chi connectivity index (χ1n) is 4.50. The predicted molar refractivity (Wildman–Crippen MR) is 60.4 cm³/mol. The number of aromatic hydroxyl groups is 1. The van der Waals surface area contributed by atoms with Crippen LogP contribution in [0.4, 0.5) is 5.69 Å². The molecule has 0 radical (unpaired) electrons. The van der Waals surface area contributed by atoms with E-state index in [1.165, 1.54) is 0 Å². The molecule has 0 atom stereocenters. The van der Waals surface area contributed by atoms with Gasteiger partial charge in [-0.1, -0.05) is 0 Å². The number of anilines is 1. The first-order valence-corrected chi connectivity index (χ1v) is 5.65. The summed E-state index contributed by atoms with van der Waals surface area (Å²) in [5, 5.41) is 18.1. The zero-order valence-corrected chi connectivity index (χ0v) is 8.76. The fraction of sp³-hybridized carbons (Fsp3) is 0.400. The molecular weight excluding hydrogens is 198 g/mol. The van der Waals surface area contributed by atoms with Gasteiger partial charge in [-0.25, -0.2) is 0 Å². The van der Waals surface area contributed by atoms with Gasteiger partial charge in [0.15, 0.2) is 0 Å². The number of benzene rings is 1. The molecule has 0 spiro atoms. The summed E-state index contributed by atoms with van der Waals surface area (Å²) in [6, 6.07) is 5.07. The number of nitrogen functional groups attached to an aromatic ring is 1. The Hall–Kier alpha value is -0.870. The lowest BCUT2D eigenvalue weighted by atomic mass is 10.2. The number of phenolic OH excluding ortho intramolecular Hbond substituents is 1. The average molecular weight is 213 g/mol. The van der Waals surface area contributed by atoms with E-state index in [1.807, 2.05) is 0 Å². The number of phenols is 1. The molecule has 1 aromatic rings. The molecule has 0 aromatic heterocycles. The maximum Gasteiger partial charge on any atom is 0.119 e. The van der Waals surface area contributed by atoms with Gasteiger partial charge in [-0.2, -0.15) is 11.8 Å². The SMILES string of the molecule is Nc1ccc(O)c(CSCCCO)c1. The molecule has 0 heterocycles. The second-order valence-corrected chi connectivity index (χ2v) is 4.12. The van der Waals surface area contributed by atoms with Gasteiger partial charge in [0.25, 0.3) is 0 Å². The van der Waals surface area contributed by atoms with Gasteiger partial charge in [-0.15, -0.1) is 0 Å². The summed E-state index contributed by atoms with van der Waals surface area (Å²) < 4.78 is 0. The van der Waals surface area contributed by atoms with Crippen molar-refractivity contribution in [3.8, 4) is 5.75 Å². The molecule has 78 valence electrons. The summed E-state index contributed by atoms with van der Waals surface area (Å²) >= 11 is 1.68. The molecule has 4 N–H and O–H groups in total. The lowest BCUT2D eigenvalue weighted by molar-refractivity contribution is 0.296. The molecule has 0 saturated carbocycles. The molecule has 14 heavy (non-hydrogen) atoms. The third-order valence-electron chi connectivity index (χ3n) is 1.81. The minimum absolute atomic E-state index is 0.218. The molecule has 0 aliphatic rings. The Bertz CT molecular complexity index is 291. The van der Waals surface area contributed by atoms with E-state index < -0.39 is 0 Å². The number of thioether (sulfide) groups is 1. The molecule has 0 bridgehead atoms. The predicted octanol–water partition coefficient (Wildman–Crippen LogP) is 1.59. The van der Waals surface area contributed by atoms with Crippen LogP contribution in [0.5, 0.6) is 5.75 Å². The van der Waals surface area contributed by atoms with Crippen LogP contribution in [0.1, 0.15) is 12.0 Å². The van der Waals surface area contributed by atoms with Crippen LogP contribution in [-0.4, -0.2) is 22.6 Å². The van der Waals surface area contributed by atoms with Gasteiger partial charge in [0.1, 0.15) is 5.75 Å². The van der Waals surface area contributed by atoms with Gasteiger partial charge in [0, 0.05) is 23.6 Å². The largest absolute Gasteiger partial charge is 0.508 e. The van der Waals surface area contributed by atoms with Crippen molar-refractivity contribution in [2.75, 3.05) is 18.1 Å². The average Bonchev–Trinajstić information content (AvgIpc) is 2.18. The Morgan fingerprint density at radius 3 is 2.86 bits per heavy atom. The summed E-state index contributed by atoms with van der Waals surface area (Å²) in [4.78, 5) is 0. The van der Waals surface area contributed by atoms with E-state index in [-0.39, 0.29) is 12.4 Å². The van der Waals surface area contributed by atoms with Crippen molar-refractivity contribution >= 4 is 17.4 Å². The first-order chi connectivity index (χ1) is 6.74. The fourth-order valence-electron chi connectivity index (χ4n) is 1.07. The molecule has 0 saturated heterocycles. The van der Waals surface area contributed by atoms with Crippen molar-refractivity contribution in [2.45, 2.75) is 12.2 Å². The van der Waals surface area contributed by atoms with E-state index in [1.54, 1.807) is 30.0 Å². The van der Waals surface area contributed by atoms with E-state index in [4.69, 9.17) is 10.8 Å². The van der Waals surface area contributed by atoms with Crippen LogP contribution in [0.2, 0.25) is 0 Å². The molecule has 0 fully saturated rings. The van der Waals surface area contributed by atoms with Gasteiger partial charge in [-0.3, -0.25) is 0 Å². The lowest BCUT2D eigenvalue weighted by Crippen LogP contribution is -1.90. The Kier molecular flexibility index (Phi) is 4.62.